The van der Waals surface area contributed by atoms with Gasteiger partial charge in [0.05, 0.1) is 0 Å². The zero-order chi connectivity index (χ0) is 26.0. The molecule has 1 atom stereocenters. The van der Waals surface area contributed by atoms with Gasteiger partial charge in [-0.3, -0.25) is 9.59 Å². The molecule has 0 heterocycles. The molecule has 7 heteroatoms. The second-order valence-electron chi connectivity index (χ2n) is 10.8. The monoisotopic (exact) mass is 487 g/mol. The minimum absolute atomic E-state index is 0.136. The molecule has 3 amide bonds. The molecule has 0 spiro atoms. The molecule has 0 aromatic heterocycles. The van der Waals surface area contributed by atoms with Crippen LogP contribution in [0.3, 0.4) is 0 Å². The highest BCUT2D eigenvalue weighted by molar-refractivity contribution is 5.90. The number of carbonyl (C=O) groups excluding carboxylic acids is 3. The lowest BCUT2D eigenvalue weighted by Crippen LogP contribution is -2.50. The Hall–Kier alpha value is -2.57. The number of hydrogen-bond donors (Lipinski definition) is 2. The van der Waals surface area contributed by atoms with Gasteiger partial charge in [-0.2, -0.15) is 0 Å². The van der Waals surface area contributed by atoms with Crippen LogP contribution < -0.4 is 10.6 Å². The van der Waals surface area contributed by atoms with E-state index in [4.69, 9.17) is 4.74 Å². The van der Waals surface area contributed by atoms with E-state index in [9.17, 15) is 14.4 Å². The van der Waals surface area contributed by atoms with Crippen molar-refractivity contribution in [3.8, 4) is 0 Å². The molecule has 0 radical (unpaired) electrons. The molecule has 1 aromatic carbocycles. The van der Waals surface area contributed by atoms with E-state index >= 15 is 0 Å². The number of benzene rings is 1. The number of nitrogens with one attached hydrogen (secondary N) is 2. The molecular weight excluding hydrogens is 442 g/mol. The van der Waals surface area contributed by atoms with Crippen LogP contribution in [0.15, 0.2) is 18.2 Å². The number of alkyl carbamates (subject to hydrolysis) is 1. The van der Waals surface area contributed by atoms with Gasteiger partial charge in [0, 0.05) is 12.6 Å². The summed E-state index contributed by atoms with van der Waals surface area (Å²) >= 11 is 0. The molecule has 0 bridgehead atoms. The summed E-state index contributed by atoms with van der Waals surface area (Å²) < 4.78 is 5.29. The Morgan fingerprint density at radius 1 is 1.09 bits per heavy atom. The Morgan fingerprint density at radius 2 is 1.77 bits per heavy atom. The van der Waals surface area contributed by atoms with Gasteiger partial charge >= 0.3 is 6.09 Å². The zero-order valence-corrected chi connectivity index (χ0v) is 22.5. The molecule has 1 aliphatic rings. The highest BCUT2D eigenvalue weighted by Gasteiger charge is 2.34. The fraction of sp³-hybridized carbons (Fsp3) is 0.679. The Morgan fingerprint density at radius 3 is 2.40 bits per heavy atom. The molecule has 7 nitrogen and oxygen atoms in total. The molecule has 196 valence electrons. The van der Waals surface area contributed by atoms with Gasteiger partial charge in [-0.1, -0.05) is 62.8 Å². The van der Waals surface area contributed by atoms with Crippen LogP contribution in [-0.2, 0) is 14.3 Å². The molecule has 1 saturated carbocycles. The number of hydrogen-bond acceptors (Lipinski definition) is 4. The van der Waals surface area contributed by atoms with Crippen molar-refractivity contribution >= 4 is 17.9 Å². The molecular formula is C28H45N3O4. The quantitative estimate of drug-likeness (QED) is 0.436. The summed E-state index contributed by atoms with van der Waals surface area (Å²) in [5.74, 6) is -0.440. The maximum absolute atomic E-state index is 13.8. The van der Waals surface area contributed by atoms with Crippen LogP contribution in [0.2, 0.25) is 0 Å². The standard InChI is InChI=1S/C28H45N3O4/c1-7-8-12-17-31(24(32)19-29-27(34)35-28(4,5)6)25(23-18-20(2)15-16-21(23)3)26(33)30-22-13-10-9-11-14-22/h15-16,18,22,25H,7-14,17,19H2,1-6H3,(H,29,34)(H,30,33). The van der Waals surface area contributed by atoms with Crippen LogP contribution in [0, 0.1) is 13.8 Å². The third kappa shape index (κ3) is 9.54. The van der Waals surface area contributed by atoms with E-state index in [2.05, 4.69) is 17.6 Å². The Balaban J connectivity index is 2.33. The fourth-order valence-electron chi connectivity index (χ4n) is 4.53. The average molecular weight is 488 g/mol. The summed E-state index contributed by atoms with van der Waals surface area (Å²) in [6, 6.07) is 5.40. The number of nitrogens with zero attached hydrogens (tertiary/aromatic N) is 1. The highest BCUT2D eigenvalue weighted by atomic mass is 16.6. The van der Waals surface area contributed by atoms with E-state index in [1.807, 2.05) is 32.0 Å². The van der Waals surface area contributed by atoms with Gasteiger partial charge in [-0.15, -0.1) is 0 Å². The van der Waals surface area contributed by atoms with Crippen LogP contribution in [0.5, 0.6) is 0 Å². The van der Waals surface area contributed by atoms with Crippen LogP contribution in [0.25, 0.3) is 0 Å². The van der Waals surface area contributed by atoms with Gasteiger partial charge in [0.15, 0.2) is 0 Å². The summed E-state index contributed by atoms with van der Waals surface area (Å²) in [6.07, 6.45) is 7.44. The van der Waals surface area contributed by atoms with Crippen molar-refractivity contribution < 1.29 is 19.1 Å². The molecule has 2 N–H and O–H groups in total. The summed E-state index contributed by atoms with van der Waals surface area (Å²) in [5.41, 5.74) is 2.18. The number of aryl methyl sites for hydroxylation is 2. The lowest BCUT2D eigenvalue weighted by molar-refractivity contribution is -0.140. The second kappa shape index (κ2) is 13.5. The molecule has 1 fully saturated rings. The van der Waals surface area contributed by atoms with Crippen LogP contribution in [0.1, 0.15) is 102 Å². The van der Waals surface area contributed by atoms with Crippen molar-refractivity contribution in [2.24, 2.45) is 0 Å². The molecule has 1 aromatic rings. The van der Waals surface area contributed by atoms with Crippen LogP contribution in [-0.4, -0.2) is 47.5 Å². The summed E-state index contributed by atoms with van der Waals surface area (Å²) in [4.78, 5) is 41.1. The largest absolute Gasteiger partial charge is 0.444 e. The van der Waals surface area contributed by atoms with Crippen LogP contribution >= 0.6 is 0 Å². The molecule has 0 saturated heterocycles. The Labute approximate surface area is 211 Å². The minimum Gasteiger partial charge on any atom is -0.444 e. The van der Waals surface area contributed by atoms with Crippen molar-refractivity contribution in [3.05, 3.63) is 34.9 Å². The van der Waals surface area contributed by atoms with Crippen molar-refractivity contribution in [1.82, 2.24) is 15.5 Å². The van der Waals surface area contributed by atoms with E-state index in [1.165, 1.54) is 6.42 Å². The summed E-state index contributed by atoms with van der Waals surface area (Å²) in [5, 5.41) is 5.82. The maximum Gasteiger partial charge on any atom is 0.408 e. The van der Waals surface area contributed by atoms with E-state index < -0.39 is 17.7 Å². The third-order valence-corrected chi connectivity index (χ3v) is 6.35. The first-order valence-electron chi connectivity index (χ1n) is 13.2. The van der Waals surface area contributed by atoms with Gasteiger partial charge < -0.3 is 20.3 Å². The predicted octanol–water partition coefficient (Wildman–Crippen LogP) is 5.34. The minimum atomic E-state index is -0.749. The fourth-order valence-corrected chi connectivity index (χ4v) is 4.53. The number of rotatable bonds is 10. The topological polar surface area (TPSA) is 87.7 Å². The third-order valence-electron chi connectivity index (χ3n) is 6.35. The molecule has 1 unspecified atom stereocenters. The smallest absolute Gasteiger partial charge is 0.408 e. The normalized spacial score (nSPS) is 15.3. The summed E-state index contributed by atoms with van der Waals surface area (Å²) in [7, 11) is 0. The molecule has 35 heavy (non-hydrogen) atoms. The first kappa shape index (κ1) is 28.7. The molecule has 2 rings (SSSR count). The zero-order valence-electron chi connectivity index (χ0n) is 22.5. The Bertz CT molecular complexity index is 856. The number of carbonyl (C=O) groups is 3. The Kier molecular flexibility index (Phi) is 11.1. The lowest BCUT2D eigenvalue weighted by atomic mass is 9.93. The van der Waals surface area contributed by atoms with Crippen molar-refractivity contribution in [2.75, 3.05) is 13.1 Å². The second-order valence-corrected chi connectivity index (χ2v) is 10.8. The first-order valence-corrected chi connectivity index (χ1v) is 13.2. The van der Waals surface area contributed by atoms with E-state index in [-0.39, 0.29) is 24.4 Å². The summed E-state index contributed by atoms with van der Waals surface area (Å²) in [6.45, 7) is 11.6. The van der Waals surface area contributed by atoms with Crippen molar-refractivity contribution in [3.63, 3.8) is 0 Å². The molecule has 1 aliphatic carbocycles. The highest BCUT2D eigenvalue weighted by Crippen LogP contribution is 2.28. The number of unbranched alkanes of at least 4 members (excludes halogenated alkanes) is 2. The van der Waals surface area contributed by atoms with Gasteiger partial charge in [0.1, 0.15) is 18.2 Å². The van der Waals surface area contributed by atoms with Gasteiger partial charge in [0.2, 0.25) is 11.8 Å². The first-order chi connectivity index (χ1) is 16.5. The van der Waals surface area contributed by atoms with Crippen molar-refractivity contribution in [1.29, 1.82) is 0 Å². The SMILES string of the molecule is CCCCCN(C(=O)CNC(=O)OC(C)(C)C)C(C(=O)NC1CCCCC1)c1cc(C)ccc1C. The van der Waals surface area contributed by atoms with Gasteiger partial charge in [-0.25, -0.2) is 4.79 Å². The van der Waals surface area contributed by atoms with E-state index in [0.29, 0.717) is 6.54 Å². The maximum atomic E-state index is 13.8. The van der Waals surface area contributed by atoms with Crippen LogP contribution in [0.4, 0.5) is 4.79 Å². The average Bonchev–Trinajstić information content (AvgIpc) is 2.78. The molecule has 0 aliphatic heterocycles. The van der Waals surface area contributed by atoms with E-state index in [1.54, 1.807) is 25.7 Å². The van der Waals surface area contributed by atoms with Gasteiger partial charge in [-0.05, 0) is 65.0 Å². The van der Waals surface area contributed by atoms with Crippen molar-refractivity contribution in [2.45, 2.75) is 111 Å². The van der Waals surface area contributed by atoms with Gasteiger partial charge in [0.25, 0.3) is 0 Å². The lowest BCUT2D eigenvalue weighted by Gasteiger charge is -2.34. The number of ether oxygens (including phenoxy) is 1. The number of amides is 3. The predicted molar refractivity (Wildman–Crippen MR) is 139 cm³/mol. The van der Waals surface area contributed by atoms with E-state index in [0.717, 1.165) is 61.6 Å².